The van der Waals surface area contributed by atoms with Crippen LogP contribution in [-0.4, -0.2) is 9.55 Å². The van der Waals surface area contributed by atoms with E-state index < -0.39 is 0 Å². The second-order valence-corrected chi connectivity index (χ2v) is 6.23. The molecule has 2 aromatic heterocycles. The molecule has 0 saturated heterocycles. The first-order chi connectivity index (χ1) is 12.2. The Labute approximate surface area is 149 Å². The van der Waals surface area contributed by atoms with Gasteiger partial charge in [0.05, 0.1) is 11.3 Å². The quantitative estimate of drug-likeness (QED) is 0.424. The lowest BCUT2D eigenvalue weighted by Crippen LogP contribution is -2.02. The Morgan fingerprint density at radius 3 is 2.64 bits per heavy atom. The molecule has 0 radical (unpaired) electrons. The first-order valence-electron chi connectivity index (χ1n) is 8.10. The van der Waals surface area contributed by atoms with E-state index in [4.69, 9.17) is 16.6 Å². The fourth-order valence-corrected chi connectivity index (χ4v) is 3.13. The number of hydrogen-bond acceptors (Lipinski definition) is 3. The number of para-hydroxylation sites is 1. The number of aromatic amines is 1. The highest BCUT2D eigenvalue weighted by atomic mass is 32.1. The van der Waals surface area contributed by atoms with Gasteiger partial charge in [-0.3, -0.25) is 4.57 Å². The standard InChI is InChI=1S/C20H16N2O2S/c1-2-13-7-9-15(10-8-13)22-12-17(21-20(22)25)16-11-14-5-3-4-6-18(14)24-19(16)23/h3-12H,2H2,1H3,(H,21,25). The van der Waals surface area contributed by atoms with Crippen LogP contribution >= 0.6 is 12.2 Å². The summed E-state index contributed by atoms with van der Waals surface area (Å²) in [4.78, 5) is 15.5. The average Bonchev–Trinajstić information content (AvgIpc) is 3.02. The molecule has 0 spiro atoms. The second-order valence-electron chi connectivity index (χ2n) is 5.85. The molecule has 0 fully saturated rings. The zero-order valence-corrected chi connectivity index (χ0v) is 14.5. The van der Waals surface area contributed by atoms with E-state index in [9.17, 15) is 4.79 Å². The molecule has 5 heteroatoms. The Bertz CT molecular complexity index is 1170. The maximum absolute atomic E-state index is 12.3. The average molecular weight is 348 g/mol. The van der Waals surface area contributed by atoms with Gasteiger partial charge in [-0.05, 0) is 48.5 Å². The summed E-state index contributed by atoms with van der Waals surface area (Å²) in [6.45, 7) is 2.12. The third-order valence-corrected chi connectivity index (χ3v) is 4.57. The maximum atomic E-state index is 12.3. The predicted octanol–water partition coefficient (Wildman–Crippen LogP) is 4.87. The smallest absolute Gasteiger partial charge is 0.345 e. The first kappa shape index (κ1) is 15.6. The van der Waals surface area contributed by atoms with E-state index in [2.05, 4.69) is 24.0 Å². The molecule has 1 N–H and O–H groups in total. The third kappa shape index (κ3) is 2.83. The van der Waals surface area contributed by atoms with Crippen LogP contribution in [0.5, 0.6) is 0 Å². The van der Waals surface area contributed by atoms with Gasteiger partial charge in [0.15, 0.2) is 4.77 Å². The van der Waals surface area contributed by atoms with Crippen molar-refractivity contribution in [1.29, 1.82) is 0 Å². The summed E-state index contributed by atoms with van der Waals surface area (Å²) < 4.78 is 7.81. The number of aromatic nitrogens is 2. The molecule has 0 bridgehead atoms. The van der Waals surface area contributed by atoms with Crippen LogP contribution in [0.15, 0.2) is 70.0 Å². The van der Waals surface area contributed by atoms with Crippen LogP contribution < -0.4 is 5.63 Å². The molecule has 0 atom stereocenters. The van der Waals surface area contributed by atoms with Crippen LogP contribution in [0.4, 0.5) is 0 Å². The van der Waals surface area contributed by atoms with Gasteiger partial charge in [0.25, 0.3) is 0 Å². The molecule has 2 heterocycles. The SMILES string of the molecule is CCc1ccc(-n2cc(-c3cc4ccccc4oc3=O)[nH]c2=S)cc1. The van der Waals surface area contributed by atoms with Gasteiger partial charge in [0.2, 0.25) is 0 Å². The van der Waals surface area contributed by atoms with E-state index in [1.165, 1.54) is 5.56 Å². The molecule has 4 nitrogen and oxygen atoms in total. The topological polar surface area (TPSA) is 50.9 Å². The van der Waals surface area contributed by atoms with Crippen molar-refractivity contribution in [2.75, 3.05) is 0 Å². The second kappa shape index (κ2) is 6.18. The monoisotopic (exact) mass is 348 g/mol. The van der Waals surface area contributed by atoms with E-state index in [1.807, 2.05) is 47.2 Å². The van der Waals surface area contributed by atoms with Crippen LogP contribution in [0.25, 0.3) is 27.9 Å². The lowest BCUT2D eigenvalue weighted by atomic mass is 10.1. The number of hydrogen-bond donors (Lipinski definition) is 1. The van der Waals surface area contributed by atoms with Crippen molar-refractivity contribution in [3.63, 3.8) is 0 Å². The molecule has 0 saturated carbocycles. The van der Waals surface area contributed by atoms with Gasteiger partial charge in [0, 0.05) is 17.3 Å². The van der Waals surface area contributed by atoms with Gasteiger partial charge in [-0.25, -0.2) is 4.79 Å². The Hall–Kier alpha value is -2.92. The molecule has 2 aromatic carbocycles. The lowest BCUT2D eigenvalue weighted by Gasteiger charge is -2.03. The van der Waals surface area contributed by atoms with Gasteiger partial charge in [0.1, 0.15) is 5.58 Å². The maximum Gasteiger partial charge on any atom is 0.345 e. The molecule has 4 aromatic rings. The number of nitrogens with one attached hydrogen (secondary N) is 1. The van der Waals surface area contributed by atoms with Crippen molar-refractivity contribution in [2.45, 2.75) is 13.3 Å². The van der Waals surface area contributed by atoms with E-state index in [0.717, 1.165) is 17.5 Å². The van der Waals surface area contributed by atoms with E-state index >= 15 is 0 Å². The molecule has 124 valence electrons. The molecular weight excluding hydrogens is 332 g/mol. The zero-order chi connectivity index (χ0) is 17.4. The molecule has 0 amide bonds. The highest BCUT2D eigenvalue weighted by molar-refractivity contribution is 7.71. The van der Waals surface area contributed by atoms with E-state index in [-0.39, 0.29) is 5.63 Å². The Morgan fingerprint density at radius 2 is 1.88 bits per heavy atom. The van der Waals surface area contributed by atoms with Crippen molar-refractivity contribution in [2.24, 2.45) is 0 Å². The van der Waals surface area contributed by atoms with Gasteiger partial charge in [-0.2, -0.15) is 0 Å². The Morgan fingerprint density at radius 1 is 1.12 bits per heavy atom. The van der Waals surface area contributed by atoms with Gasteiger partial charge in [-0.1, -0.05) is 37.3 Å². The van der Waals surface area contributed by atoms with Crippen molar-refractivity contribution < 1.29 is 4.42 Å². The number of benzene rings is 2. The summed E-state index contributed by atoms with van der Waals surface area (Å²) in [5, 5.41) is 0.872. The summed E-state index contributed by atoms with van der Waals surface area (Å²) in [6, 6.07) is 17.5. The number of imidazole rings is 1. The molecular formula is C20H16N2O2S. The number of nitrogens with zero attached hydrogens (tertiary/aromatic N) is 1. The minimum atomic E-state index is -0.386. The highest BCUT2D eigenvalue weighted by Gasteiger charge is 2.11. The van der Waals surface area contributed by atoms with Crippen molar-refractivity contribution in [3.8, 4) is 16.9 Å². The summed E-state index contributed by atoms with van der Waals surface area (Å²) in [7, 11) is 0. The fourth-order valence-electron chi connectivity index (χ4n) is 2.87. The molecule has 4 rings (SSSR count). The normalized spacial score (nSPS) is 11.1. The molecule has 0 unspecified atom stereocenters. The predicted molar refractivity (Wildman–Crippen MR) is 102 cm³/mol. The van der Waals surface area contributed by atoms with Gasteiger partial charge >= 0.3 is 5.63 Å². The van der Waals surface area contributed by atoms with Crippen LogP contribution in [-0.2, 0) is 6.42 Å². The Kier molecular flexibility index (Phi) is 3.86. The molecule has 25 heavy (non-hydrogen) atoms. The highest BCUT2D eigenvalue weighted by Crippen LogP contribution is 2.21. The van der Waals surface area contributed by atoms with Crippen LogP contribution in [0, 0.1) is 4.77 Å². The summed E-state index contributed by atoms with van der Waals surface area (Å²) in [6.07, 6.45) is 2.83. The molecule has 0 aliphatic heterocycles. The number of aryl methyl sites for hydroxylation is 1. The lowest BCUT2D eigenvalue weighted by molar-refractivity contribution is 0.563. The summed E-state index contributed by atoms with van der Waals surface area (Å²) in [5.41, 5.74) is 3.52. The third-order valence-electron chi connectivity index (χ3n) is 4.27. The number of rotatable bonds is 3. The van der Waals surface area contributed by atoms with Gasteiger partial charge < -0.3 is 9.40 Å². The van der Waals surface area contributed by atoms with Crippen LogP contribution in [0.1, 0.15) is 12.5 Å². The Balaban J connectivity index is 1.83. The minimum absolute atomic E-state index is 0.386. The molecule has 0 aliphatic carbocycles. The van der Waals surface area contributed by atoms with Crippen molar-refractivity contribution in [1.82, 2.24) is 9.55 Å². The summed E-state index contributed by atoms with van der Waals surface area (Å²) >= 11 is 5.43. The van der Waals surface area contributed by atoms with E-state index in [1.54, 1.807) is 6.07 Å². The number of fused-ring (bicyclic) bond motifs is 1. The van der Waals surface area contributed by atoms with Crippen LogP contribution in [0.2, 0.25) is 0 Å². The van der Waals surface area contributed by atoms with Crippen molar-refractivity contribution >= 4 is 23.2 Å². The minimum Gasteiger partial charge on any atom is -0.422 e. The zero-order valence-electron chi connectivity index (χ0n) is 13.7. The van der Waals surface area contributed by atoms with Crippen molar-refractivity contribution in [3.05, 3.63) is 81.5 Å². The number of H-pyrrole nitrogens is 1. The van der Waals surface area contributed by atoms with Crippen LogP contribution in [0.3, 0.4) is 0 Å². The summed E-state index contributed by atoms with van der Waals surface area (Å²) in [5.74, 6) is 0. The van der Waals surface area contributed by atoms with Gasteiger partial charge in [-0.15, -0.1) is 0 Å². The first-order valence-corrected chi connectivity index (χ1v) is 8.51. The molecule has 0 aliphatic rings. The largest absolute Gasteiger partial charge is 0.422 e. The fraction of sp³-hybridized carbons (Fsp3) is 0.100. The van der Waals surface area contributed by atoms with E-state index in [0.29, 0.717) is 21.6 Å².